The molecule has 1 aliphatic heterocycles. The van der Waals surface area contributed by atoms with Crippen molar-refractivity contribution in [1.82, 2.24) is 25.1 Å². The Morgan fingerprint density at radius 2 is 1.89 bits per heavy atom. The molecule has 2 aromatic heterocycles. The molecule has 1 unspecified atom stereocenters. The van der Waals surface area contributed by atoms with Crippen LogP contribution in [-0.4, -0.2) is 71.5 Å². The number of piperazine rings is 1. The third kappa shape index (κ3) is 7.23. The average Bonchev–Trinajstić information content (AvgIpc) is 3.39. The highest BCUT2D eigenvalue weighted by molar-refractivity contribution is 7.13. The summed E-state index contributed by atoms with van der Waals surface area (Å²) in [5.41, 5.74) is 8.04. The molecule has 11 heteroatoms. The summed E-state index contributed by atoms with van der Waals surface area (Å²) in [6.45, 7) is 5.21. The molecule has 0 aliphatic carbocycles. The molecule has 1 aliphatic rings. The number of amides is 3. The molecule has 0 spiro atoms. The van der Waals surface area contributed by atoms with Crippen LogP contribution in [0.5, 0.6) is 0 Å². The Morgan fingerprint density at radius 3 is 2.58 bits per heavy atom. The van der Waals surface area contributed by atoms with Gasteiger partial charge in [-0.1, -0.05) is 18.2 Å². The van der Waals surface area contributed by atoms with Crippen LogP contribution in [-0.2, 0) is 0 Å². The Bertz CT molecular complexity index is 1130. The average molecular weight is 509 g/mol. The maximum absolute atomic E-state index is 12.6. The molecule has 0 bridgehead atoms. The number of anilines is 3. The number of para-hydroxylation sites is 2. The smallest absolute Gasteiger partial charge is 0.321 e. The van der Waals surface area contributed by atoms with Crippen molar-refractivity contribution in [2.75, 3.05) is 56.1 Å². The Labute approximate surface area is 214 Å². The van der Waals surface area contributed by atoms with E-state index in [-0.39, 0.29) is 23.7 Å². The number of nitrogen functional groups attached to an aromatic ring is 1. The van der Waals surface area contributed by atoms with Crippen molar-refractivity contribution < 1.29 is 9.59 Å². The highest BCUT2D eigenvalue weighted by atomic mass is 32.1. The fourth-order valence-electron chi connectivity index (χ4n) is 4.03. The summed E-state index contributed by atoms with van der Waals surface area (Å²) in [7, 11) is 2.14. The van der Waals surface area contributed by atoms with Crippen molar-refractivity contribution in [1.29, 1.82) is 0 Å². The minimum absolute atomic E-state index is 0.258. The van der Waals surface area contributed by atoms with E-state index in [1.54, 1.807) is 48.1 Å². The van der Waals surface area contributed by atoms with Crippen LogP contribution in [0.3, 0.4) is 0 Å². The van der Waals surface area contributed by atoms with Crippen LogP contribution in [0.15, 0.2) is 54.2 Å². The predicted molar refractivity (Wildman–Crippen MR) is 143 cm³/mol. The van der Waals surface area contributed by atoms with E-state index in [1.165, 1.54) is 11.3 Å². The number of aromatic nitrogens is 2. The number of nitrogens with zero attached hydrogens (tertiary/aromatic N) is 4. The first-order valence-corrected chi connectivity index (χ1v) is 12.9. The highest BCUT2D eigenvalue weighted by Gasteiger charge is 2.19. The minimum atomic E-state index is -0.347. The van der Waals surface area contributed by atoms with E-state index in [2.05, 4.69) is 42.8 Å². The molecule has 36 heavy (non-hydrogen) atoms. The van der Waals surface area contributed by atoms with Crippen molar-refractivity contribution >= 4 is 39.8 Å². The number of hydrogen-bond acceptors (Lipinski definition) is 8. The standard InChI is InChI=1S/C25H32N8O2S/c1-32-12-14-33(15-13-32)11-4-7-20(30-24(35)31-25-27-10-16-36-25)18-8-9-22(28-17-18)23(34)29-21-6-3-2-5-19(21)26/h2-3,5-6,8-10,16-17,20H,4,7,11-15,26H2,1H3,(H,29,34)(H2,27,30,31,35). The van der Waals surface area contributed by atoms with Crippen LogP contribution in [0.2, 0.25) is 0 Å². The lowest BCUT2D eigenvalue weighted by Gasteiger charge is -2.32. The number of pyridine rings is 1. The van der Waals surface area contributed by atoms with Crippen LogP contribution in [0.25, 0.3) is 0 Å². The summed E-state index contributed by atoms with van der Waals surface area (Å²) in [6.07, 6.45) is 4.95. The fraction of sp³-hybridized carbons (Fsp3) is 0.360. The molecular weight excluding hydrogens is 476 g/mol. The normalized spacial score (nSPS) is 15.2. The van der Waals surface area contributed by atoms with Crippen LogP contribution in [0.1, 0.15) is 34.9 Å². The molecule has 1 atom stereocenters. The van der Waals surface area contributed by atoms with E-state index in [1.807, 2.05) is 6.07 Å². The largest absolute Gasteiger partial charge is 0.397 e. The second-order valence-corrected chi connectivity index (χ2v) is 9.69. The zero-order valence-electron chi connectivity index (χ0n) is 20.3. The van der Waals surface area contributed by atoms with Gasteiger partial charge in [0.15, 0.2) is 5.13 Å². The maximum Gasteiger partial charge on any atom is 0.321 e. The van der Waals surface area contributed by atoms with Crippen molar-refractivity contribution in [3.8, 4) is 0 Å². The lowest BCUT2D eigenvalue weighted by Crippen LogP contribution is -2.44. The molecule has 4 rings (SSSR count). The molecule has 3 amide bonds. The summed E-state index contributed by atoms with van der Waals surface area (Å²) in [5, 5.41) is 10.9. The van der Waals surface area contributed by atoms with E-state index in [4.69, 9.17) is 5.73 Å². The van der Waals surface area contributed by atoms with Crippen molar-refractivity contribution in [3.05, 3.63) is 65.4 Å². The lowest BCUT2D eigenvalue weighted by molar-refractivity contribution is 0.102. The van der Waals surface area contributed by atoms with Crippen LogP contribution in [0.4, 0.5) is 21.3 Å². The number of nitrogens with one attached hydrogen (secondary N) is 3. The van der Waals surface area contributed by atoms with Gasteiger partial charge in [-0.15, -0.1) is 11.3 Å². The number of urea groups is 1. The molecule has 1 aromatic carbocycles. The molecule has 190 valence electrons. The van der Waals surface area contributed by atoms with Gasteiger partial charge in [0, 0.05) is 44.0 Å². The third-order valence-electron chi connectivity index (χ3n) is 6.15. The summed E-state index contributed by atoms with van der Waals surface area (Å²) in [4.78, 5) is 38.5. The molecule has 5 N–H and O–H groups in total. The van der Waals surface area contributed by atoms with Gasteiger partial charge in [0.05, 0.1) is 17.4 Å². The second kappa shape index (κ2) is 12.4. The van der Waals surface area contributed by atoms with Gasteiger partial charge in [0.1, 0.15) is 5.69 Å². The molecule has 10 nitrogen and oxygen atoms in total. The first kappa shape index (κ1) is 25.5. The van der Waals surface area contributed by atoms with Gasteiger partial charge in [-0.2, -0.15) is 0 Å². The number of likely N-dealkylation sites (N-methyl/N-ethyl adjacent to an activating group) is 1. The number of carbonyl (C=O) groups excluding carboxylic acids is 2. The molecule has 3 heterocycles. The second-order valence-electron chi connectivity index (χ2n) is 8.79. The van der Waals surface area contributed by atoms with Crippen LogP contribution >= 0.6 is 11.3 Å². The first-order chi connectivity index (χ1) is 17.5. The number of benzene rings is 1. The van der Waals surface area contributed by atoms with E-state index in [0.717, 1.165) is 51.1 Å². The van der Waals surface area contributed by atoms with Gasteiger partial charge in [-0.3, -0.25) is 15.1 Å². The van der Waals surface area contributed by atoms with Gasteiger partial charge in [0.25, 0.3) is 5.91 Å². The SMILES string of the molecule is CN1CCN(CCCC(NC(=O)Nc2nccs2)c2ccc(C(=O)Nc3ccccc3N)nc2)CC1. The van der Waals surface area contributed by atoms with Crippen LogP contribution in [0, 0.1) is 0 Å². The summed E-state index contributed by atoms with van der Waals surface area (Å²) >= 11 is 1.36. The lowest BCUT2D eigenvalue weighted by atomic mass is 10.0. The molecular formula is C25H32N8O2S. The number of nitrogens with two attached hydrogens (primary N) is 1. The zero-order chi connectivity index (χ0) is 25.3. The summed E-state index contributed by atoms with van der Waals surface area (Å²) < 4.78 is 0. The Balaban J connectivity index is 1.40. The van der Waals surface area contributed by atoms with Gasteiger partial charge in [-0.25, -0.2) is 9.78 Å². The van der Waals surface area contributed by atoms with Crippen molar-refractivity contribution in [2.45, 2.75) is 18.9 Å². The number of hydrogen-bond donors (Lipinski definition) is 4. The Morgan fingerprint density at radius 1 is 1.08 bits per heavy atom. The number of carbonyl (C=O) groups is 2. The van der Waals surface area contributed by atoms with Crippen LogP contribution < -0.4 is 21.7 Å². The molecule has 0 saturated carbocycles. The van der Waals surface area contributed by atoms with E-state index in [9.17, 15) is 9.59 Å². The molecule has 0 radical (unpaired) electrons. The monoisotopic (exact) mass is 508 g/mol. The quantitative estimate of drug-likeness (QED) is 0.327. The topological polar surface area (TPSA) is 129 Å². The number of thiazole rings is 1. The molecule has 3 aromatic rings. The third-order valence-corrected chi connectivity index (χ3v) is 6.84. The molecule has 1 saturated heterocycles. The fourth-order valence-corrected chi connectivity index (χ4v) is 4.56. The molecule has 1 fully saturated rings. The van der Waals surface area contributed by atoms with Gasteiger partial charge in [0.2, 0.25) is 0 Å². The Hall–Kier alpha value is -3.54. The minimum Gasteiger partial charge on any atom is -0.397 e. The predicted octanol–water partition coefficient (Wildman–Crippen LogP) is 3.26. The Kier molecular flexibility index (Phi) is 8.82. The van der Waals surface area contributed by atoms with E-state index in [0.29, 0.717) is 16.5 Å². The van der Waals surface area contributed by atoms with Gasteiger partial charge >= 0.3 is 6.03 Å². The van der Waals surface area contributed by atoms with E-state index < -0.39 is 0 Å². The van der Waals surface area contributed by atoms with Crippen molar-refractivity contribution in [2.24, 2.45) is 0 Å². The summed E-state index contributed by atoms with van der Waals surface area (Å²) in [6, 6.07) is 9.99. The zero-order valence-corrected chi connectivity index (χ0v) is 21.1. The maximum atomic E-state index is 12.6. The first-order valence-electron chi connectivity index (χ1n) is 12.0. The van der Waals surface area contributed by atoms with Gasteiger partial charge < -0.3 is 26.2 Å². The number of rotatable bonds is 9. The highest BCUT2D eigenvalue weighted by Crippen LogP contribution is 2.21. The van der Waals surface area contributed by atoms with Crippen molar-refractivity contribution in [3.63, 3.8) is 0 Å². The summed E-state index contributed by atoms with van der Waals surface area (Å²) in [5.74, 6) is -0.347. The van der Waals surface area contributed by atoms with Gasteiger partial charge in [-0.05, 0) is 50.2 Å². The van der Waals surface area contributed by atoms with E-state index >= 15 is 0 Å².